The van der Waals surface area contributed by atoms with Crippen molar-refractivity contribution in [3.05, 3.63) is 32.4 Å². The van der Waals surface area contributed by atoms with Crippen LogP contribution in [0.25, 0.3) is 0 Å². The van der Waals surface area contributed by atoms with Gasteiger partial charge in [-0.05, 0) is 106 Å². The van der Waals surface area contributed by atoms with E-state index in [1.807, 2.05) is 11.0 Å². The highest BCUT2D eigenvalue weighted by atomic mass is 127. The fraction of sp³-hybridized carbons (Fsp3) is 0.654. The molecule has 1 saturated heterocycles. The van der Waals surface area contributed by atoms with E-state index in [1.165, 1.54) is 24.2 Å². The van der Waals surface area contributed by atoms with Crippen LogP contribution in [0.5, 0.6) is 0 Å². The summed E-state index contributed by atoms with van der Waals surface area (Å²) in [6, 6.07) is 5.34. The number of imide groups is 1. The van der Waals surface area contributed by atoms with Crippen molar-refractivity contribution in [2.75, 3.05) is 6.54 Å². The normalized spacial score (nSPS) is 21.0. The molecule has 7 nitrogen and oxygen atoms in total. The third kappa shape index (κ3) is 7.71. The lowest BCUT2D eigenvalue weighted by molar-refractivity contribution is -0.128. The summed E-state index contributed by atoms with van der Waals surface area (Å²) in [6.07, 6.45) is 7.10. The Balaban J connectivity index is 1.83. The van der Waals surface area contributed by atoms with Crippen molar-refractivity contribution in [3.63, 3.8) is 0 Å². The van der Waals surface area contributed by atoms with Gasteiger partial charge in [-0.3, -0.25) is 9.69 Å². The van der Waals surface area contributed by atoms with E-state index in [0.717, 1.165) is 34.8 Å². The van der Waals surface area contributed by atoms with Gasteiger partial charge in [-0.15, -0.1) is 0 Å². The predicted octanol–water partition coefficient (Wildman–Crippen LogP) is 6.35. The number of hydrogen-bond acceptors (Lipinski definition) is 4. The van der Waals surface area contributed by atoms with Gasteiger partial charge in [0, 0.05) is 20.7 Å². The number of rotatable bonds is 5. The lowest BCUT2D eigenvalue weighted by Gasteiger charge is -2.38. The average molecular weight is 618 g/mol. The standard InChI is InChI=1S/C26H37ClIN3O4/c1-17-10-13-22(18-8-6-5-7-9-18)31(17)25(34)30(16-19-14-20(27)11-12-21(19)28)23(32)15-29-24(33)35-26(2,3)4/h11-12,14,17-18,22H,5-10,13,15-16H2,1-4H3,(H,29,33)/t17-,22?/m1/s1. The minimum absolute atomic E-state index is 0.0574. The van der Waals surface area contributed by atoms with Gasteiger partial charge in [0.25, 0.3) is 0 Å². The molecule has 3 rings (SSSR count). The van der Waals surface area contributed by atoms with E-state index < -0.39 is 17.6 Å². The fourth-order valence-corrected chi connectivity index (χ4v) is 5.82. The summed E-state index contributed by atoms with van der Waals surface area (Å²) in [7, 11) is 0. The van der Waals surface area contributed by atoms with E-state index in [4.69, 9.17) is 16.3 Å². The van der Waals surface area contributed by atoms with E-state index in [2.05, 4.69) is 34.8 Å². The van der Waals surface area contributed by atoms with Crippen molar-refractivity contribution >= 4 is 52.2 Å². The van der Waals surface area contributed by atoms with Gasteiger partial charge in [0.05, 0.1) is 6.54 Å². The summed E-state index contributed by atoms with van der Waals surface area (Å²) in [5.41, 5.74) is 0.107. The van der Waals surface area contributed by atoms with Crippen molar-refractivity contribution in [1.82, 2.24) is 15.1 Å². The average Bonchev–Trinajstić information content (AvgIpc) is 3.18. The van der Waals surface area contributed by atoms with Crippen LogP contribution >= 0.6 is 34.2 Å². The van der Waals surface area contributed by atoms with Gasteiger partial charge in [0.15, 0.2) is 0 Å². The maximum absolute atomic E-state index is 14.0. The number of benzene rings is 1. The van der Waals surface area contributed by atoms with Gasteiger partial charge < -0.3 is 15.0 Å². The molecule has 1 saturated carbocycles. The van der Waals surface area contributed by atoms with Crippen LogP contribution in [0, 0.1) is 9.49 Å². The lowest BCUT2D eigenvalue weighted by Crippen LogP contribution is -2.54. The number of carbonyl (C=O) groups excluding carboxylic acids is 3. The van der Waals surface area contributed by atoms with E-state index in [0.29, 0.717) is 10.9 Å². The Labute approximate surface area is 227 Å². The number of alkyl carbamates (subject to hydrolysis) is 1. The maximum Gasteiger partial charge on any atom is 0.408 e. The van der Waals surface area contributed by atoms with Gasteiger partial charge in [0.2, 0.25) is 5.91 Å². The molecule has 2 fully saturated rings. The van der Waals surface area contributed by atoms with E-state index in [1.54, 1.807) is 32.9 Å². The minimum Gasteiger partial charge on any atom is -0.444 e. The summed E-state index contributed by atoms with van der Waals surface area (Å²) in [5, 5.41) is 3.05. The van der Waals surface area contributed by atoms with Crippen LogP contribution in [0.15, 0.2) is 18.2 Å². The van der Waals surface area contributed by atoms with Gasteiger partial charge in [-0.1, -0.05) is 30.9 Å². The summed E-state index contributed by atoms with van der Waals surface area (Å²) < 4.78 is 6.17. The van der Waals surface area contributed by atoms with E-state index >= 15 is 0 Å². The molecule has 0 radical (unpaired) electrons. The summed E-state index contributed by atoms with van der Waals surface area (Å²) >= 11 is 8.41. The predicted molar refractivity (Wildman–Crippen MR) is 145 cm³/mol. The van der Waals surface area contributed by atoms with Crippen LogP contribution in [-0.2, 0) is 16.1 Å². The Morgan fingerprint density at radius 1 is 1.14 bits per heavy atom. The Morgan fingerprint density at radius 3 is 2.49 bits per heavy atom. The molecule has 1 aliphatic heterocycles. The summed E-state index contributed by atoms with van der Waals surface area (Å²) in [5.74, 6) is -0.000995. The maximum atomic E-state index is 14.0. The molecular weight excluding hydrogens is 581 g/mol. The Hall–Kier alpha value is -1.55. The highest BCUT2D eigenvalue weighted by Gasteiger charge is 2.42. The molecule has 2 aliphatic rings. The molecule has 0 aromatic heterocycles. The zero-order valence-corrected chi connectivity index (χ0v) is 24.0. The second-order valence-corrected chi connectivity index (χ2v) is 12.3. The number of carbonyl (C=O) groups is 3. The Morgan fingerprint density at radius 2 is 1.83 bits per heavy atom. The molecule has 194 valence electrons. The third-order valence-electron chi connectivity index (χ3n) is 6.78. The molecule has 1 N–H and O–H groups in total. The highest BCUT2D eigenvalue weighted by molar-refractivity contribution is 14.1. The molecule has 1 aliphatic carbocycles. The number of nitrogens with one attached hydrogen (secondary N) is 1. The minimum atomic E-state index is -0.690. The molecule has 0 bridgehead atoms. The van der Waals surface area contributed by atoms with Gasteiger partial charge in [0.1, 0.15) is 12.1 Å². The van der Waals surface area contributed by atoms with E-state index in [9.17, 15) is 14.4 Å². The third-order valence-corrected chi connectivity index (χ3v) is 8.07. The van der Waals surface area contributed by atoms with Crippen molar-refractivity contribution in [1.29, 1.82) is 0 Å². The summed E-state index contributed by atoms with van der Waals surface area (Å²) in [6.45, 7) is 7.09. The quantitative estimate of drug-likeness (QED) is 0.391. The zero-order chi connectivity index (χ0) is 25.8. The summed E-state index contributed by atoms with van der Waals surface area (Å²) in [4.78, 5) is 42.7. The van der Waals surface area contributed by atoms with Crippen molar-refractivity contribution in [2.45, 2.75) is 96.9 Å². The second kappa shape index (κ2) is 12.1. The first kappa shape index (κ1) is 28.0. The second-order valence-electron chi connectivity index (χ2n) is 10.7. The van der Waals surface area contributed by atoms with Crippen molar-refractivity contribution in [3.8, 4) is 0 Å². The van der Waals surface area contributed by atoms with Gasteiger partial charge in [-0.25, -0.2) is 9.59 Å². The molecule has 35 heavy (non-hydrogen) atoms. The van der Waals surface area contributed by atoms with Gasteiger partial charge in [-0.2, -0.15) is 0 Å². The number of amides is 4. The van der Waals surface area contributed by atoms with Gasteiger partial charge >= 0.3 is 12.1 Å². The number of hydrogen-bond donors (Lipinski definition) is 1. The topological polar surface area (TPSA) is 79.0 Å². The number of nitrogens with zero attached hydrogens (tertiary/aromatic N) is 2. The highest BCUT2D eigenvalue weighted by Crippen LogP contribution is 2.37. The van der Waals surface area contributed by atoms with Crippen LogP contribution in [0.4, 0.5) is 9.59 Å². The van der Waals surface area contributed by atoms with Crippen molar-refractivity contribution < 1.29 is 19.1 Å². The molecular formula is C26H37ClIN3O4. The first-order valence-electron chi connectivity index (χ1n) is 12.5. The first-order chi connectivity index (χ1) is 16.5. The molecule has 4 amide bonds. The molecule has 9 heteroatoms. The molecule has 1 unspecified atom stereocenters. The molecule has 1 heterocycles. The Bertz CT molecular complexity index is 930. The van der Waals surface area contributed by atoms with Crippen LogP contribution in [0.3, 0.4) is 0 Å². The zero-order valence-electron chi connectivity index (χ0n) is 21.1. The number of ether oxygens (including phenoxy) is 1. The number of likely N-dealkylation sites (tertiary alicyclic amines) is 1. The monoisotopic (exact) mass is 617 g/mol. The lowest BCUT2D eigenvalue weighted by atomic mass is 9.83. The van der Waals surface area contributed by atoms with Crippen LogP contribution in [0.1, 0.15) is 78.2 Å². The molecule has 1 aromatic carbocycles. The number of urea groups is 1. The largest absolute Gasteiger partial charge is 0.444 e. The van der Waals surface area contributed by atoms with Crippen LogP contribution < -0.4 is 5.32 Å². The molecule has 2 atom stereocenters. The smallest absolute Gasteiger partial charge is 0.408 e. The van der Waals surface area contributed by atoms with Crippen LogP contribution in [0.2, 0.25) is 5.02 Å². The molecule has 1 aromatic rings. The fourth-order valence-electron chi connectivity index (χ4n) is 5.12. The molecule has 0 spiro atoms. The first-order valence-corrected chi connectivity index (χ1v) is 14.0. The number of halogens is 2. The van der Waals surface area contributed by atoms with E-state index in [-0.39, 0.29) is 31.2 Å². The Kier molecular flexibility index (Phi) is 9.71. The van der Waals surface area contributed by atoms with Crippen LogP contribution in [-0.4, -0.2) is 52.1 Å². The van der Waals surface area contributed by atoms with Crippen molar-refractivity contribution in [2.24, 2.45) is 5.92 Å². The SMILES string of the molecule is C[C@@H]1CCC(C2CCCCC2)N1C(=O)N(Cc1cc(Cl)ccc1I)C(=O)CNC(=O)OC(C)(C)C.